The quantitative estimate of drug-likeness (QED) is 0.376. The van der Waals surface area contributed by atoms with Gasteiger partial charge in [-0.15, -0.1) is 0 Å². The monoisotopic (exact) mass is 322 g/mol. The van der Waals surface area contributed by atoms with Gasteiger partial charge in [0.1, 0.15) is 11.5 Å². The molecule has 1 amide bonds. The molecule has 1 aromatic rings. The molecule has 0 bridgehead atoms. The van der Waals surface area contributed by atoms with E-state index in [1.54, 1.807) is 14.2 Å². The van der Waals surface area contributed by atoms with Gasteiger partial charge in [0.15, 0.2) is 5.96 Å². The summed E-state index contributed by atoms with van der Waals surface area (Å²) in [6, 6.07) is 5.65. The molecule has 1 rings (SSSR count). The fourth-order valence-electron chi connectivity index (χ4n) is 1.91. The van der Waals surface area contributed by atoms with E-state index in [1.165, 1.54) is 6.92 Å². The van der Waals surface area contributed by atoms with E-state index in [0.29, 0.717) is 25.6 Å². The van der Waals surface area contributed by atoms with Gasteiger partial charge in [0.25, 0.3) is 0 Å². The molecule has 0 heterocycles. The summed E-state index contributed by atoms with van der Waals surface area (Å²) in [4.78, 5) is 15.4. The Hall–Kier alpha value is -2.44. The number of methoxy groups -OCH3 is 2. The SMILES string of the molecule is CCNC(=NCc1ccc(OC)cc1OC)NCCNC(C)=O. The average Bonchev–Trinajstić information content (AvgIpc) is 2.55. The van der Waals surface area contributed by atoms with E-state index in [2.05, 4.69) is 20.9 Å². The fourth-order valence-corrected chi connectivity index (χ4v) is 1.91. The van der Waals surface area contributed by atoms with Gasteiger partial charge in [0.2, 0.25) is 5.91 Å². The third-order valence-electron chi connectivity index (χ3n) is 3.04. The van der Waals surface area contributed by atoms with Gasteiger partial charge in [-0.25, -0.2) is 4.99 Å². The van der Waals surface area contributed by atoms with E-state index < -0.39 is 0 Å². The molecule has 0 aromatic heterocycles. The average molecular weight is 322 g/mol. The zero-order valence-electron chi connectivity index (χ0n) is 14.2. The van der Waals surface area contributed by atoms with Gasteiger partial charge in [-0.2, -0.15) is 0 Å². The maximum absolute atomic E-state index is 10.8. The molecule has 7 heteroatoms. The molecule has 3 N–H and O–H groups in total. The van der Waals surface area contributed by atoms with E-state index in [1.807, 2.05) is 25.1 Å². The number of aliphatic imine (C=N–C) groups is 1. The Kier molecular flexibility index (Phi) is 8.34. The van der Waals surface area contributed by atoms with Crippen molar-refractivity contribution in [3.8, 4) is 11.5 Å². The molecule has 0 atom stereocenters. The predicted octanol–water partition coefficient (Wildman–Crippen LogP) is 0.895. The van der Waals surface area contributed by atoms with Crippen molar-refractivity contribution in [1.82, 2.24) is 16.0 Å². The Morgan fingerprint density at radius 1 is 1.13 bits per heavy atom. The first-order valence-electron chi connectivity index (χ1n) is 7.58. The first-order chi connectivity index (χ1) is 11.1. The van der Waals surface area contributed by atoms with Crippen LogP contribution in [0, 0.1) is 0 Å². The highest BCUT2D eigenvalue weighted by Crippen LogP contribution is 2.24. The largest absolute Gasteiger partial charge is 0.497 e. The molecular formula is C16H26N4O3. The summed E-state index contributed by atoms with van der Waals surface area (Å²) in [5, 5.41) is 9.06. The summed E-state index contributed by atoms with van der Waals surface area (Å²) in [7, 11) is 3.24. The lowest BCUT2D eigenvalue weighted by Crippen LogP contribution is -2.41. The predicted molar refractivity (Wildman–Crippen MR) is 91.0 cm³/mol. The summed E-state index contributed by atoms with van der Waals surface area (Å²) in [5.41, 5.74) is 0.965. The highest BCUT2D eigenvalue weighted by molar-refractivity contribution is 5.80. The number of nitrogens with one attached hydrogen (secondary N) is 3. The van der Waals surface area contributed by atoms with Crippen LogP contribution in [-0.4, -0.2) is 45.7 Å². The molecule has 0 radical (unpaired) electrons. The summed E-state index contributed by atoms with van der Waals surface area (Å²) >= 11 is 0. The Bertz CT molecular complexity index is 532. The topological polar surface area (TPSA) is 84.0 Å². The standard InChI is InChI=1S/C16H26N4O3/c1-5-17-16(19-9-8-18-12(2)21)20-11-13-6-7-14(22-3)10-15(13)23-4/h6-7,10H,5,8-9,11H2,1-4H3,(H,18,21)(H2,17,19,20). The Labute approximate surface area is 137 Å². The second kappa shape index (κ2) is 10.3. The molecule has 1 aromatic carbocycles. The molecule has 0 saturated carbocycles. The molecule has 0 spiro atoms. The second-order valence-corrected chi connectivity index (χ2v) is 4.78. The zero-order valence-corrected chi connectivity index (χ0v) is 14.2. The maximum atomic E-state index is 10.8. The van der Waals surface area contributed by atoms with Crippen LogP contribution < -0.4 is 25.4 Å². The highest BCUT2D eigenvalue weighted by atomic mass is 16.5. The number of carbonyl (C=O) groups is 1. The third-order valence-corrected chi connectivity index (χ3v) is 3.04. The number of amides is 1. The Morgan fingerprint density at radius 2 is 1.87 bits per heavy atom. The number of carbonyl (C=O) groups excluding carboxylic acids is 1. The summed E-state index contributed by atoms with van der Waals surface area (Å²) in [6.45, 7) is 5.87. The molecule has 0 aliphatic heterocycles. The van der Waals surface area contributed by atoms with Gasteiger partial charge in [-0.05, 0) is 19.1 Å². The van der Waals surface area contributed by atoms with Crippen LogP contribution in [0.5, 0.6) is 11.5 Å². The zero-order chi connectivity index (χ0) is 17.1. The second-order valence-electron chi connectivity index (χ2n) is 4.78. The fraction of sp³-hybridized carbons (Fsp3) is 0.500. The van der Waals surface area contributed by atoms with Gasteiger partial charge in [-0.3, -0.25) is 4.79 Å². The van der Waals surface area contributed by atoms with Crippen LogP contribution in [0.1, 0.15) is 19.4 Å². The molecule has 128 valence electrons. The van der Waals surface area contributed by atoms with Crippen molar-refractivity contribution in [1.29, 1.82) is 0 Å². The van der Waals surface area contributed by atoms with Crippen molar-refractivity contribution in [2.45, 2.75) is 20.4 Å². The first-order valence-corrected chi connectivity index (χ1v) is 7.58. The van der Waals surface area contributed by atoms with Crippen LogP contribution in [0.3, 0.4) is 0 Å². The number of ether oxygens (including phenoxy) is 2. The Balaban J connectivity index is 2.67. The smallest absolute Gasteiger partial charge is 0.216 e. The van der Waals surface area contributed by atoms with Crippen molar-refractivity contribution < 1.29 is 14.3 Å². The molecule has 0 saturated heterocycles. The highest BCUT2D eigenvalue weighted by Gasteiger charge is 2.05. The van der Waals surface area contributed by atoms with E-state index in [-0.39, 0.29) is 5.91 Å². The van der Waals surface area contributed by atoms with Crippen LogP contribution in [-0.2, 0) is 11.3 Å². The summed E-state index contributed by atoms with van der Waals surface area (Å²) in [6.07, 6.45) is 0. The number of benzene rings is 1. The minimum Gasteiger partial charge on any atom is -0.497 e. The first kappa shape index (κ1) is 18.6. The van der Waals surface area contributed by atoms with Crippen molar-refractivity contribution in [2.24, 2.45) is 4.99 Å². The minimum absolute atomic E-state index is 0.0447. The lowest BCUT2D eigenvalue weighted by Gasteiger charge is -2.13. The van der Waals surface area contributed by atoms with Crippen molar-refractivity contribution in [2.75, 3.05) is 33.9 Å². The van der Waals surface area contributed by atoms with Gasteiger partial charge >= 0.3 is 0 Å². The number of nitrogens with zero attached hydrogens (tertiary/aromatic N) is 1. The maximum Gasteiger partial charge on any atom is 0.216 e. The van der Waals surface area contributed by atoms with Crippen molar-refractivity contribution in [3.63, 3.8) is 0 Å². The molecular weight excluding hydrogens is 296 g/mol. The normalized spacial score (nSPS) is 10.9. The van der Waals surface area contributed by atoms with E-state index in [9.17, 15) is 4.79 Å². The van der Waals surface area contributed by atoms with Gasteiger partial charge in [-0.1, -0.05) is 0 Å². The van der Waals surface area contributed by atoms with Crippen LogP contribution in [0.2, 0.25) is 0 Å². The van der Waals surface area contributed by atoms with E-state index in [4.69, 9.17) is 9.47 Å². The van der Waals surface area contributed by atoms with E-state index in [0.717, 1.165) is 23.6 Å². The lowest BCUT2D eigenvalue weighted by atomic mass is 10.2. The third kappa shape index (κ3) is 6.90. The molecule has 7 nitrogen and oxygen atoms in total. The number of hydrogen-bond acceptors (Lipinski definition) is 4. The number of rotatable bonds is 8. The van der Waals surface area contributed by atoms with Gasteiger partial charge in [0.05, 0.1) is 20.8 Å². The molecule has 0 aliphatic rings. The van der Waals surface area contributed by atoms with Gasteiger partial charge in [0, 0.05) is 38.2 Å². The number of guanidine groups is 1. The molecule has 0 fully saturated rings. The van der Waals surface area contributed by atoms with E-state index >= 15 is 0 Å². The lowest BCUT2D eigenvalue weighted by molar-refractivity contribution is -0.118. The molecule has 0 unspecified atom stereocenters. The van der Waals surface area contributed by atoms with Crippen LogP contribution >= 0.6 is 0 Å². The molecule has 23 heavy (non-hydrogen) atoms. The van der Waals surface area contributed by atoms with Crippen molar-refractivity contribution >= 4 is 11.9 Å². The number of hydrogen-bond donors (Lipinski definition) is 3. The van der Waals surface area contributed by atoms with Gasteiger partial charge < -0.3 is 25.4 Å². The Morgan fingerprint density at radius 3 is 2.48 bits per heavy atom. The minimum atomic E-state index is -0.0447. The van der Waals surface area contributed by atoms with Crippen LogP contribution in [0.15, 0.2) is 23.2 Å². The van der Waals surface area contributed by atoms with Crippen LogP contribution in [0.25, 0.3) is 0 Å². The van der Waals surface area contributed by atoms with Crippen LogP contribution in [0.4, 0.5) is 0 Å². The van der Waals surface area contributed by atoms with Crippen molar-refractivity contribution in [3.05, 3.63) is 23.8 Å². The summed E-state index contributed by atoms with van der Waals surface area (Å²) < 4.78 is 10.6. The summed E-state index contributed by atoms with van der Waals surface area (Å²) in [5.74, 6) is 2.13. The molecule has 0 aliphatic carbocycles.